The Hall–Kier alpha value is -0.480. The van der Waals surface area contributed by atoms with E-state index in [-0.39, 0.29) is 0 Å². The molecule has 1 nitrogen and oxygen atoms in total. The van der Waals surface area contributed by atoms with Gasteiger partial charge in [0.15, 0.2) is 0 Å². The molecule has 1 unspecified atom stereocenters. The Morgan fingerprint density at radius 3 is 2.50 bits per heavy atom. The van der Waals surface area contributed by atoms with Gasteiger partial charge >= 0.3 is 0 Å². The van der Waals surface area contributed by atoms with Crippen LogP contribution >= 0.6 is 0 Å². The molecule has 0 aromatic heterocycles. The molecule has 1 atom stereocenters. The van der Waals surface area contributed by atoms with Crippen LogP contribution in [0.25, 0.3) is 0 Å². The van der Waals surface area contributed by atoms with Crippen LogP contribution in [-0.2, 0) is 0 Å². The molecule has 0 aliphatic heterocycles. The summed E-state index contributed by atoms with van der Waals surface area (Å²) in [4.78, 5) is 0. The SMILES string of the molecule is CC#CCC(CC)NCC. The molecule has 0 saturated carbocycles. The van der Waals surface area contributed by atoms with Gasteiger partial charge in [0.2, 0.25) is 0 Å². The number of hydrogen-bond donors (Lipinski definition) is 1. The molecule has 0 aromatic carbocycles. The van der Waals surface area contributed by atoms with Crippen molar-refractivity contribution in [3.05, 3.63) is 0 Å². The Labute approximate surface area is 64.2 Å². The second-order valence-corrected chi connectivity index (χ2v) is 2.29. The maximum absolute atomic E-state index is 3.36. The molecular formula is C9H17N. The maximum Gasteiger partial charge on any atom is 0.0243 e. The van der Waals surface area contributed by atoms with Gasteiger partial charge in [-0.1, -0.05) is 13.8 Å². The maximum atomic E-state index is 3.36. The molecule has 58 valence electrons. The lowest BCUT2D eigenvalue weighted by atomic mass is 10.1. The van der Waals surface area contributed by atoms with E-state index in [1.807, 2.05) is 6.92 Å². The lowest BCUT2D eigenvalue weighted by Gasteiger charge is -2.11. The van der Waals surface area contributed by atoms with E-state index in [9.17, 15) is 0 Å². The molecule has 1 heteroatoms. The Kier molecular flexibility index (Phi) is 6.32. The van der Waals surface area contributed by atoms with Crippen LogP contribution in [-0.4, -0.2) is 12.6 Å². The topological polar surface area (TPSA) is 12.0 Å². The van der Waals surface area contributed by atoms with Crippen LogP contribution in [0.2, 0.25) is 0 Å². The Morgan fingerprint density at radius 1 is 1.40 bits per heavy atom. The average molecular weight is 139 g/mol. The average Bonchev–Trinajstić information content (AvgIpc) is 1.98. The van der Waals surface area contributed by atoms with Crippen molar-refractivity contribution >= 4 is 0 Å². The van der Waals surface area contributed by atoms with Gasteiger partial charge in [0, 0.05) is 12.5 Å². The fourth-order valence-electron chi connectivity index (χ4n) is 0.875. The Morgan fingerprint density at radius 2 is 2.10 bits per heavy atom. The summed E-state index contributed by atoms with van der Waals surface area (Å²) in [6.45, 7) is 7.25. The molecule has 1 N–H and O–H groups in total. The molecule has 0 radical (unpaired) electrons. The minimum atomic E-state index is 0.595. The van der Waals surface area contributed by atoms with Crippen LogP contribution < -0.4 is 5.32 Å². The fraction of sp³-hybridized carbons (Fsp3) is 0.778. The van der Waals surface area contributed by atoms with Gasteiger partial charge < -0.3 is 5.32 Å². The predicted molar refractivity (Wildman–Crippen MR) is 45.8 cm³/mol. The van der Waals surface area contributed by atoms with Gasteiger partial charge in [-0.2, -0.15) is 0 Å². The molecule has 0 heterocycles. The summed E-state index contributed by atoms with van der Waals surface area (Å²) in [7, 11) is 0. The molecule has 0 amide bonds. The van der Waals surface area contributed by atoms with Crippen molar-refractivity contribution in [1.29, 1.82) is 0 Å². The van der Waals surface area contributed by atoms with E-state index in [0.29, 0.717) is 6.04 Å². The first-order valence-electron chi connectivity index (χ1n) is 3.98. The van der Waals surface area contributed by atoms with Crippen LogP contribution in [0.4, 0.5) is 0 Å². The van der Waals surface area contributed by atoms with Crippen molar-refractivity contribution in [2.45, 2.75) is 39.7 Å². The van der Waals surface area contributed by atoms with E-state index in [0.717, 1.165) is 13.0 Å². The summed E-state index contributed by atoms with van der Waals surface area (Å²) in [5.41, 5.74) is 0. The summed E-state index contributed by atoms with van der Waals surface area (Å²) >= 11 is 0. The lowest BCUT2D eigenvalue weighted by molar-refractivity contribution is 0.523. The third kappa shape index (κ3) is 4.40. The first-order chi connectivity index (χ1) is 4.85. The summed E-state index contributed by atoms with van der Waals surface area (Å²) in [5.74, 6) is 5.97. The molecular weight excluding hydrogens is 122 g/mol. The highest BCUT2D eigenvalue weighted by Crippen LogP contribution is 1.94. The normalized spacial score (nSPS) is 11.9. The zero-order valence-corrected chi connectivity index (χ0v) is 7.20. The van der Waals surface area contributed by atoms with Crippen molar-refractivity contribution < 1.29 is 0 Å². The number of hydrogen-bond acceptors (Lipinski definition) is 1. The van der Waals surface area contributed by atoms with Gasteiger partial charge in [0.1, 0.15) is 0 Å². The monoisotopic (exact) mass is 139 g/mol. The highest BCUT2D eigenvalue weighted by molar-refractivity contribution is 4.97. The van der Waals surface area contributed by atoms with Crippen LogP contribution in [0.3, 0.4) is 0 Å². The van der Waals surface area contributed by atoms with Crippen molar-refractivity contribution in [1.82, 2.24) is 5.32 Å². The summed E-state index contributed by atoms with van der Waals surface area (Å²) < 4.78 is 0. The van der Waals surface area contributed by atoms with Gasteiger partial charge in [-0.15, -0.1) is 11.8 Å². The third-order valence-electron chi connectivity index (χ3n) is 1.51. The van der Waals surface area contributed by atoms with E-state index >= 15 is 0 Å². The smallest absolute Gasteiger partial charge is 0.0243 e. The van der Waals surface area contributed by atoms with Gasteiger partial charge in [0.25, 0.3) is 0 Å². The van der Waals surface area contributed by atoms with E-state index < -0.39 is 0 Å². The molecule has 0 aliphatic carbocycles. The molecule has 0 rings (SSSR count). The molecule has 0 bridgehead atoms. The van der Waals surface area contributed by atoms with Gasteiger partial charge in [-0.05, 0) is 19.9 Å². The van der Waals surface area contributed by atoms with E-state index in [4.69, 9.17) is 0 Å². The summed E-state index contributed by atoms with van der Waals surface area (Å²) in [6, 6.07) is 0.595. The van der Waals surface area contributed by atoms with Crippen molar-refractivity contribution in [3.63, 3.8) is 0 Å². The summed E-state index contributed by atoms with van der Waals surface area (Å²) in [6.07, 6.45) is 2.16. The number of rotatable bonds is 4. The second-order valence-electron chi connectivity index (χ2n) is 2.29. The first-order valence-corrected chi connectivity index (χ1v) is 3.98. The molecule has 10 heavy (non-hydrogen) atoms. The standard InChI is InChI=1S/C9H17N/c1-4-7-8-9(5-2)10-6-3/h9-10H,5-6,8H2,1-3H3. The zero-order chi connectivity index (χ0) is 7.82. The highest BCUT2D eigenvalue weighted by Gasteiger charge is 1.99. The van der Waals surface area contributed by atoms with Crippen molar-refractivity contribution in [2.24, 2.45) is 0 Å². The van der Waals surface area contributed by atoms with E-state index in [2.05, 4.69) is 31.0 Å². The van der Waals surface area contributed by atoms with Crippen molar-refractivity contribution in [2.75, 3.05) is 6.54 Å². The largest absolute Gasteiger partial charge is 0.313 e. The Bertz CT molecular complexity index is 118. The lowest BCUT2D eigenvalue weighted by Crippen LogP contribution is -2.27. The molecule has 0 fully saturated rings. The summed E-state index contributed by atoms with van der Waals surface area (Å²) in [5, 5.41) is 3.36. The van der Waals surface area contributed by atoms with Crippen LogP contribution in [0.5, 0.6) is 0 Å². The van der Waals surface area contributed by atoms with Gasteiger partial charge in [0.05, 0.1) is 0 Å². The van der Waals surface area contributed by atoms with E-state index in [1.165, 1.54) is 6.42 Å². The minimum Gasteiger partial charge on any atom is -0.313 e. The van der Waals surface area contributed by atoms with Gasteiger partial charge in [-0.3, -0.25) is 0 Å². The minimum absolute atomic E-state index is 0.595. The fourth-order valence-corrected chi connectivity index (χ4v) is 0.875. The second kappa shape index (κ2) is 6.64. The van der Waals surface area contributed by atoms with Crippen LogP contribution in [0, 0.1) is 11.8 Å². The zero-order valence-electron chi connectivity index (χ0n) is 7.20. The quantitative estimate of drug-likeness (QED) is 0.585. The predicted octanol–water partition coefficient (Wildman–Crippen LogP) is 1.79. The molecule has 0 aromatic rings. The molecule has 0 aliphatic rings. The third-order valence-corrected chi connectivity index (χ3v) is 1.51. The van der Waals surface area contributed by atoms with Gasteiger partial charge in [-0.25, -0.2) is 0 Å². The highest BCUT2D eigenvalue weighted by atomic mass is 14.9. The molecule has 0 spiro atoms. The van der Waals surface area contributed by atoms with Crippen LogP contribution in [0.1, 0.15) is 33.6 Å². The van der Waals surface area contributed by atoms with Crippen molar-refractivity contribution in [3.8, 4) is 11.8 Å². The Balaban J connectivity index is 3.45. The molecule has 0 saturated heterocycles. The number of nitrogens with one attached hydrogen (secondary N) is 1. The van der Waals surface area contributed by atoms with E-state index in [1.54, 1.807) is 0 Å². The first kappa shape index (κ1) is 9.52. The van der Waals surface area contributed by atoms with Crippen LogP contribution in [0.15, 0.2) is 0 Å².